The molecule has 180 valence electrons. The predicted molar refractivity (Wildman–Crippen MR) is 130 cm³/mol. The Kier molecular flexibility index (Phi) is 6.50. The highest BCUT2D eigenvalue weighted by Gasteiger charge is 2.27. The maximum Gasteiger partial charge on any atom is 0.320 e. The highest BCUT2D eigenvalue weighted by molar-refractivity contribution is 5.98. The molecule has 10 heteroatoms. The minimum Gasteiger partial charge on any atom is -0.490 e. The van der Waals surface area contributed by atoms with Gasteiger partial charge in [0.2, 0.25) is 5.88 Å². The summed E-state index contributed by atoms with van der Waals surface area (Å²) in [5.41, 5.74) is 2.35. The largest absolute Gasteiger partial charge is 0.490 e. The summed E-state index contributed by atoms with van der Waals surface area (Å²) in [6.07, 6.45) is 5.94. The standard InChI is InChI=1S/C24H31N7O3/c1-30-11-13-31(14-12-30)10-9-26-24(32)29-20-6-5-17-18(15-27-22(17)28-20)21-19(34-16-3-4-16)7-8-25-23(21)33-2/h5-8,15-16H,3-4,9-14H2,1-2H3,(H3,26,27,28,29,32). The second-order valence-corrected chi connectivity index (χ2v) is 8.83. The summed E-state index contributed by atoms with van der Waals surface area (Å²) >= 11 is 0. The third-order valence-corrected chi connectivity index (χ3v) is 6.25. The average Bonchev–Trinajstić information content (AvgIpc) is 3.56. The molecule has 1 aliphatic carbocycles. The van der Waals surface area contributed by atoms with Crippen LogP contribution in [0.5, 0.6) is 11.6 Å². The molecule has 0 unspecified atom stereocenters. The molecule has 2 amide bonds. The summed E-state index contributed by atoms with van der Waals surface area (Å²) in [6, 6.07) is 5.33. The Morgan fingerprint density at radius 2 is 2.03 bits per heavy atom. The normalized spacial score (nSPS) is 17.0. The lowest BCUT2D eigenvalue weighted by Crippen LogP contribution is -2.47. The van der Waals surface area contributed by atoms with Crippen LogP contribution >= 0.6 is 0 Å². The Labute approximate surface area is 198 Å². The maximum absolute atomic E-state index is 12.4. The summed E-state index contributed by atoms with van der Waals surface area (Å²) in [7, 11) is 3.73. The second-order valence-electron chi connectivity index (χ2n) is 8.83. The van der Waals surface area contributed by atoms with Crippen molar-refractivity contribution in [3.05, 3.63) is 30.6 Å². The van der Waals surface area contributed by atoms with E-state index in [1.54, 1.807) is 19.4 Å². The average molecular weight is 466 g/mol. The van der Waals surface area contributed by atoms with Gasteiger partial charge < -0.3 is 24.7 Å². The van der Waals surface area contributed by atoms with Crippen LogP contribution in [0.3, 0.4) is 0 Å². The smallest absolute Gasteiger partial charge is 0.320 e. The zero-order valence-corrected chi connectivity index (χ0v) is 19.6. The van der Waals surface area contributed by atoms with Crippen LogP contribution in [-0.4, -0.2) is 90.3 Å². The molecule has 3 aromatic rings. The third-order valence-electron chi connectivity index (χ3n) is 6.25. The molecule has 0 radical (unpaired) electrons. The lowest BCUT2D eigenvalue weighted by atomic mass is 10.1. The molecule has 1 saturated heterocycles. The maximum atomic E-state index is 12.4. The lowest BCUT2D eigenvalue weighted by Gasteiger charge is -2.32. The number of ether oxygens (including phenoxy) is 2. The summed E-state index contributed by atoms with van der Waals surface area (Å²) in [5, 5.41) is 6.64. The molecule has 1 saturated carbocycles. The van der Waals surface area contributed by atoms with E-state index in [2.05, 4.69) is 42.4 Å². The lowest BCUT2D eigenvalue weighted by molar-refractivity contribution is 0.155. The van der Waals surface area contributed by atoms with Crippen molar-refractivity contribution in [3.8, 4) is 22.8 Å². The molecule has 3 aromatic heterocycles. The number of rotatable bonds is 8. The molecular weight excluding hydrogens is 434 g/mol. The number of aromatic amines is 1. The quantitative estimate of drug-likeness (QED) is 0.469. The van der Waals surface area contributed by atoms with Gasteiger partial charge >= 0.3 is 6.03 Å². The number of carbonyl (C=O) groups is 1. The first kappa shape index (κ1) is 22.4. The van der Waals surface area contributed by atoms with E-state index >= 15 is 0 Å². The summed E-state index contributed by atoms with van der Waals surface area (Å²) in [5.74, 6) is 1.73. The van der Waals surface area contributed by atoms with Gasteiger partial charge in [0.05, 0.1) is 18.8 Å². The molecule has 0 atom stereocenters. The molecule has 3 N–H and O–H groups in total. The number of anilines is 1. The molecule has 1 aliphatic heterocycles. The second kappa shape index (κ2) is 9.86. The van der Waals surface area contributed by atoms with Gasteiger partial charge in [-0.25, -0.2) is 14.8 Å². The van der Waals surface area contributed by atoms with E-state index in [1.165, 1.54) is 0 Å². The summed E-state index contributed by atoms with van der Waals surface area (Å²) in [4.78, 5) is 29.2. The summed E-state index contributed by atoms with van der Waals surface area (Å²) < 4.78 is 11.6. The Hall–Kier alpha value is -3.37. The minimum atomic E-state index is -0.262. The van der Waals surface area contributed by atoms with E-state index in [0.717, 1.165) is 67.8 Å². The van der Waals surface area contributed by atoms with Crippen molar-refractivity contribution < 1.29 is 14.3 Å². The molecule has 10 nitrogen and oxygen atoms in total. The highest BCUT2D eigenvalue weighted by atomic mass is 16.5. The number of nitrogens with zero attached hydrogens (tertiary/aromatic N) is 4. The Morgan fingerprint density at radius 1 is 1.21 bits per heavy atom. The van der Waals surface area contributed by atoms with Crippen LogP contribution in [0.1, 0.15) is 12.8 Å². The first-order chi connectivity index (χ1) is 16.6. The molecule has 2 aliphatic rings. The first-order valence-electron chi connectivity index (χ1n) is 11.7. The topological polar surface area (TPSA) is 108 Å². The fourth-order valence-electron chi connectivity index (χ4n) is 4.13. The number of hydrogen-bond acceptors (Lipinski definition) is 7. The molecule has 34 heavy (non-hydrogen) atoms. The number of piperazine rings is 1. The minimum absolute atomic E-state index is 0.250. The van der Waals surface area contributed by atoms with Crippen LogP contribution in [-0.2, 0) is 0 Å². The number of pyridine rings is 2. The first-order valence-corrected chi connectivity index (χ1v) is 11.7. The SMILES string of the molecule is COc1nccc(OC2CC2)c1-c1c[nH]c2nc(NC(=O)NCCN3CCN(C)CC3)ccc12. The van der Waals surface area contributed by atoms with Crippen molar-refractivity contribution in [1.82, 2.24) is 30.1 Å². The molecule has 0 bridgehead atoms. The molecule has 0 spiro atoms. The Morgan fingerprint density at radius 3 is 2.79 bits per heavy atom. The number of aromatic nitrogens is 3. The van der Waals surface area contributed by atoms with Crippen molar-refractivity contribution in [2.45, 2.75) is 18.9 Å². The fourth-order valence-corrected chi connectivity index (χ4v) is 4.13. The predicted octanol–water partition coefficient (Wildman–Crippen LogP) is 2.54. The van der Waals surface area contributed by atoms with E-state index in [4.69, 9.17) is 9.47 Å². The van der Waals surface area contributed by atoms with Crippen LogP contribution in [0.2, 0.25) is 0 Å². The number of hydrogen-bond donors (Lipinski definition) is 3. The van der Waals surface area contributed by atoms with Gasteiger partial charge in [0.25, 0.3) is 0 Å². The molecular formula is C24H31N7O3. The highest BCUT2D eigenvalue weighted by Crippen LogP contribution is 2.42. The van der Waals surface area contributed by atoms with Gasteiger partial charge in [-0.2, -0.15) is 0 Å². The Balaban J connectivity index is 1.26. The number of amides is 2. The zero-order valence-electron chi connectivity index (χ0n) is 19.6. The van der Waals surface area contributed by atoms with Gasteiger partial charge in [-0.1, -0.05) is 0 Å². The molecule has 2 fully saturated rings. The van der Waals surface area contributed by atoms with Crippen LogP contribution < -0.4 is 20.1 Å². The molecule has 5 rings (SSSR count). The van der Waals surface area contributed by atoms with Gasteiger partial charge in [0.15, 0.2) is 0 Å². The number of carbonyl (C=O) groups excluding carboxylic acids is 1. The number of methoxy groups -OCH3 is 1. The van der Waals surface area contributed by atoms with Gasteiger partial charge in [-0.3, -0.25) is 10.2 Å². The molecule has 0 aromatic carbocycles. The van der Waals surface area contributed by atoms with Crippen molar-refractivity contribution in [2.24, 2.45) is 0 Å². The van der Waals surface area contributed by atoms with E-state index in [1.807, 2.05) is 18.3 Å². The van der Waals surface area contributed by atoms with Gasteiger partial charge in [0.1, 0.15) is 17.2 Å². The van der Waals surface area contributed by atoms with Gasteiger partial charge in [-0.05, 0) is 38.1 Å². The fraction of sp³-hybridized carbons (Fsp3) is 0.458. The van der Waals surface area contributed by atoms with Crippen molar-refractivity contribution in [3.63, 3.8) is 0 Å². The van der Waals surface area contributed by atoms with Crippen LogP contribution in [0, 0.1) is 0 Å². The third kappa shape index (κ3) is 5.07. The number of likely N-dealkylation sites (N-methyl/N-ethyl adjacent to an activating group) is 1. The number of nitrogens with one attached hydrogen (secondary N) is 3. The van der Waals surface area contributed by atoms with Crippen LogP contribution in [0.4, 0.5) is 10.6 Å². The van der Waals surface area contributed by atoms with Gasteiger partial charge in [0, 0.05) is 62.6 Å². The van der Waals surface area contributed by atoms with E-state index < -0.39 is 0 Å². The van der Waals surface area contributed by atoms with Crippen LogP contribution in [0.15, 0.2) is 30.6 Å². The van der Waals surface area contributed by atoms with Gasteiger partial charge in [-0.15, -0.1) is 0 Å². The number of H-pyrrole nitrogens is 1. The van der Waals surface area contributed by atoms with Crippen LogP contribution in [0.25, 0.3) is 22.2 Å². The monoisotopic (exact) mass is 465 g/mol. The van der Waals surface area contributed by atoms with Crippen molar-refractivity contribution in [2.75, 3.05) is 58.7 Å². The van der Waals surface area contributed by atoms with E-state index in [-0.39, 0.29) is 12.1 Å². The zero-order chi connectivity index (χ0) is 23.5. The number of fused-ring (bicyclic) bond motifs is 1. The van der Waals surface area contributed by atoms with Crippen molar-refractivity contribution in [1.29, 1.82) is 0 Å². The summed E-state index contributed by atoms with van der Waals surface area (Å²) in [6.45, 7) is 5.62. The Bertz CT molecular complexity index is 1150. The van der Waals surface area contributed by atoms with Crippen molar-refractivity contribution >= 4 is 22.9 Å². The van der Waals surface area contributed by atoms with E-state index in [9.17, 15) is 4.79 Å². The molecule has 4 heterocycles. The van der Waals surface area contributed by atoms with E-state index in [0.29, 0.717) is 23.9 Å². The number of urea groups is 1.